The van der Waals surface area contributed by atoms with Gasteiger partial charge in [-0.05, 0) is 47.1 Å². The lowest BCUT2D eigenvalue weighted by molar-refractivity contribution is -0.569. The van der Waals surface area contributed by atoms with Gasteiger partial charge in [0.2, 0.25) is 23.0 Å². The van der Waals surface area contributed by atoms with E-state index in [9.17, 15) is 0 Å². The molecule has 0 spiro atoms. The first-order valence-corrected chi connectivity index (χ1v) is 22.2. The molecule has 0 aromatic heterocycles. The summed E-state index contributed by atoms with van der Waals surface area (Å²) in [5, 5.41) is 0. The minimum atomic E-state index is -2.02. The predicted octanol–water partition coefficient (Wildman–Crippen LogP) is 11.0. The lowest BCUT2D eigenvalue weighted by Gasteiger charge is -2.44. The highest BCUT2D eigenvalue weighted by Crippen LogP contribution is 2.46. The van der Waals surface area contributed by atoms with Gasteiger partial charge < -0.3 is 8.85 Å². The van der Waals surface area contributed by atoms with Crippen molar-refractivity contribution in [1.29, 1.82) is 0 Å². The van der Waals surface area contributed by atoms with Crippen LogP contribution >= 0.6 is 0 Å². The first-order chi connectivity index (χ1) is 21.1. The normalized spacial score (nSPS) is 19.5. The molecule has 1 heterocycles. The molecule has 0 amide bonds. The average Bonchev–Trinajstić information content (AvgIpc) is 3.31. The molecule has 0 saturated carbocycles. The molecule has 0 N–H and O–H groups in total. The summed E-state index contributed by atoms with van der Waals surface area (Å²) in [5.41, 5.74) is 6.07. The Hall–Kier alpha value is -1.74. The van der Waals surface area contributed by atoms with Crippen LogP contribution in [0.3, 0.4) is 0 Å². The fourth-order valence-electron chi connectivity index (χ4n) is 9.25. The van der Waals surface area contributed by atoms with Crippen LogP contribution in [0.2, 0.25) is 33.2 Å². The van der Waals surface area contributed by atoms with Crippen LogP contribution < -0.4 is 0 Å². The number of hydrogen-bond acceptors (Lipinski definition) is 3. The van der Waals surface area contributed by atoms with Crippen LogP contribution in [-0.4, -0.2) is 57.7 Å². The van der Waals surface area contributed by atoms with Gasteiger partial charge in [0, 0.05) is 11.1 Å². The van der Waals surface area contributed by atoms with Crippen molar-refractivity contribution in [3.8, 4) is 0 Å². The topological polar surface area (TPSA) is 24.7 Å². The van der Waals surface area contributed by atoms with Gasteiger partial charge in [-0.25, -0.2) is 0 Å². The second-order valence-electron chi connectivity index (χ2n) is 15.7. The van der Waals surface area contributed by atoms with E-state index < -0.39 is 16.6 Å². The molecule has 0 radical (unpaired) electrons. The molecule has 45 heavy (non-hydrogen) atoms. The van der Waals surface area contributed by atoms with E-state index in [-0.39, 0.29) is 24.3 Å². The van der Waals surface area contributed by atoms with Crippen molar-refractivity contribution in [3.05, 3.63) is 71.8 Å². The van der Waals surface area contributed by atoms with Crippen molar-refractivity contribution in [2.75, 3.05) is 13.1 Å². The summed E-state index contributed by atoms with van der Waals surface area (Å²) < 4.78 is 17.2. The third-order valence-electron chi connectivity index (χ3n) is 10.8. The Morgan fingerprint density at radius 1 is 0.556 bits per heavy atom. The standard InChI is InChI=1S/C39H67N2O2Si2/c1-28(2)44(29(3)4,30(5)6)42-34(13)25-40-27-41(26-35(14)43-45(31(7)8,32(9)10)33(11)12)39(37-23-19-16-20-24-37)38(40)36-21-17-15-18-22-36/h15-24,27-35,38-39H,25-26H2,1-14H3/q+1/t34-,35-,38+,39+/m1/s1. The molecule has 1 aliphatic rings. The molecule has 1 aliphatic heterocycles. The van der Waals surface area contributed by atoms with E-state index >= 15 is 0 Å². The Balaban J connectivity index is 2.06. The molecular formula is C39H67N2O2Si2+. The first-order valence-electron chi connectivity index (χ1n) is 17.9. The highest BCUT2D eigenvalue weighted by atomic mass is 28.4. The molecule has 4 nitrogen and oxygen atoms in total. The lowest BCUT2D eigenvalue weighted by Crippen LogP contribution is -2.51. The lowest BCUT2D eigenvalue weighted by atomic mass is 9.92. The second-order valence-corrected chi connectivity index (χ2v) is 26.5. The quantitative estimate of drug-likeness (QED) is 0.133. The van der Waals surface area contributed by atoms with Crippen molar-refractivity contribution < 1.29 is 13.4 Å². The summed E-state index contributed by atoms with van der Waals surface area (Å²) in [6.45, 7) is 35.0. The van der Waals surface area contributed by atoms with Gasteiger partial charge >= 0.3 is 0 Å². The van der Waals surface area contributed by atoms with Gasteiger partial charge in [-0.15, -0.1) is 0 Å². The maximum absolute atomic E-state index is 7.31. The fraction of sp³-hybridized carbons (Fsp3) is 0.667. The maximum Gasteiger partial charge on any atom is 0.235 e. The van der Waals surface area contributed by atoms with Gasteiger partial charge in [-0.3, -0.25) is 9.48 Å². The molecule has 0 fully saturated rings. The van der Waals surface area contributed by atoms with E-state index in [4.69, 9.17) is 8.85 Å². The first kappa shape index (κ1) is 37.7. The van der Waals surface area contributed by atoms with Crippen LogP contribution in [0.25, 0.3) is 0 Å². The van der Waals surface area contributed by atoms with Crippen molar-refractivity contribution in [3.63, 3.8) is 0 Å². The number of rotatable bonds is 16. The predicted molar refractivity (Wildman–Crippen MR) is 199 cm³/mol. The molecule has 252 valence electrons. The van der Waals surface area contributed by atoms with Gasteiger partial charge in [0.25, 0.3) is 0 Å². The summed E-state index contributed by atoms with van der Waals surface area (Å²) in [4.78, 5) is 2.59. The van der Waals surface area contributed by atoms with E-state index in [1.165, 1.54) is 11.1 Å². The highest BCUT2D eigenvalue weighted by Gasteiger charge is 2.50. The Bertz CT molecular complexity index is 1150. The third-order valence-corrected chi connectivity index (χ3v) is 23.2. The number of hydrogen-bond donors (Lipinski definition) is 0. The van der Waals surface area contributed by atoms with Gasteiger partial charge in [0.15, 0.2) is 12.1 Å². The fourth-order valence-corrected chi connectivity index (χ4v) is 20.4. The Labute approximate surface area is 279 Å². The van der Waals surface area contributed by atoms with Crippen LogP contribution in [0.1, 0.15) is 120 Å². The van der Waals surface area contributed by atoms with Crippen LogP contribution in [-0.2, 0) is 8.85 Å². The van der Waals surface area contributed by atoms with Gasteiger partial charge in [0.05, 0.1) is 12.2 Å². The number of benzene rings is 2. The molecule has 2 aromatic carbocycles. The van der Waals surface area contributed by atoms with Crippen LogP contribution in [0.4, 0.5) is 0 Å². The minimum absolute atomic E-state index is 0.124. The average molecular weight is 652 g/mol. The summed E-state index contributed by atoms with van der Waals surface area (Å²) in [6.07, 6.45) is 2.67. The molecule has 0 saturated heterocycles. The largest absolute Gasteiger partial charge is 0.409 e. The monoisotopic (exact) mass is 651 g/mol. The zero-order chi connectivity index (χ0) is 33.7. The molecule has 6 heteroatoms. The minimum Gasteiger partial charge on any atom is -0.409 e. The van der Waals surface area contributed by atoms with Crippen LogP contribution in [0.5, 0.6) is 0 Å². The van der Waals surface area contributed by atoms with Crippen molar-refractivity contribution in [2.45, 2.75) is 154 Å². The highest BCUT2D eigenvalue weighted by molar-refractivity contribution is 6.78. The molecule has 0 bridgehead atoms. The summed E-state index contributed by atoms with van der Waals surface area (Å²) >= 11 is 0. The van der Waals surface area contributed by atoms with Gasteiger partial charge in [-0.1, -0.05) is 144 Å². The summed E-state index contributed by atoms with van der Waals surface area (Å²) in [6, 6.07) is 22.6. The van der Waals surface area contributed by atoms with Crippen molar-refractivity contribution in [1.82, 2.24) is 4.90 Å². The smallest absolute Gasteiger partial charge is 0.235 e. The molecule has 2 aromatic rings. The van der Waals surface area contributed by atoms with E-state index in [0.717, 1.165) is 13.1 Å². The Morgan fingerprint density at radius 2 is 0.933 bits per heavy atom. The molecular weight excluding hydrogens is 585 g/mol. The maximum atomic E-state index is 7.31. The number of nitrogens with zero attached hydrogens (tertiary/aromatic N) is 2. The van der Waals surface area contributed by atoms with E-state index in [1.807, 2.05) is 0 Å². The van der Waals surface area contributed by atoms with Gasteiger partial charge in [0.1, 0.15) is 13.1 Å². The van der Waals surface area contributed by atoms with Crippen LogP contribution in [0, 0.1) is 0 Å². The zero-order valence-corrected chi connectivity index (χ0v) is 33.2. The van der Waals surface area contributed by atoms with E-state index in [2.05, 4.69) is 173 Å². The summed E-state index contributed by atoms with van der Waals surface area (Å²) in [5.74, 6) is 0. The summed E-state index contributed by atoms with van der Waals surface area (Å²) in [7, 11) is -4.03. The van der Waals surface area contributed by atoms with Crippen molar-refractivity contribution in [2.24, 2.45) is 0 Å². The van der Waals surface area contributed by atoms with E-state index in [0.29, 0.717) is 33.2 Å². The Kier molecular flexibility index (Phi) is 13.3. The Morgan fingerprint density at radius 3 is 1.33 bits per heavy atom. The zero-order valence-electron chi connectivity index (χ0n) is 31.2. The molecule has 3 rings (SSSR count). The molecule has 0 unspecified atom stereocenters. The molecule has 0 aliphatic carbocycles. The second kappa shape index (κ2) is 15.9. The third kappa shape index (κ3) is 8.05. The molecule has 4 atom stereocenters. The van der Waals surface area contributed by atoms with Crippen LogP contribution in [0.15, 0.2) is 60.7 Å². The SMILES string of the molecule is CC(C)[Si](O[C@H](C)CN1C=[N+](C[C@@H](C)O[Si](C(C)C)(C(C)C)C(C)C)[C@@H](c2ccccc2)[C@@H]1c1ccccc1)(C(C)C)C(C)C. The van der Waals surface area contributed by atoms with Crippen molar-refractivity contribution >= 4 is 23.0 Å². The van der Waals surface area contributed by atoms with E-state index in [1.54, 1.807) is 0 Å². The van der Waals surface area contributed by atoms with Gasteiger partial charge in [-0.2, -0.15) is 0 Å².